The van der Waals surface area contributed by atoms with Crippen LogP contribution in [0.1, 0.15) is 21.5 Å². The summed E-state index contributed by atoms with van der Waals surface area (Å²) in [5, 5.41) is 15.1. The molecule has 0 saturated heterocycles. The first-order valence-corrected chi connectivity index (χ1v) is 5.72. The Labute approximate surface area is 117 Å². The number of amides is 1. The van der Waals surface area contributed by atoms with Crippen LogP contribution in [0.2, 0.25) is 0 Å². The fourth-order valence-electron chi connectivity index (χ4n) is 1.66. The summed E-state index contributed by atoms with van der Waals surface area (Å²) in [5.41, 5.74) is -0.957. The zero-order valence-electron chi connectivity index (χ0n) is 10.8. The third kappa shape index (κ3) is 3.20. The molecule has 108 valence electrons. The van der Waals surface area contributed by atoms with E-state index in [1.165, 1.54) is 17.1 Å². The highest BCUT2D eigenvalue weighted by Crippen LogP contribution is 2.31. The highest BCUT2D eigenvalue weighted by Gasteiger charge is 2.31. The molecule has 0 unspecified atom stereocenters. The lowest BCUT2D eigenvalue weighted by atomic mass is 10.1. The molecule has 0 radical (unpaired) electrons. The maximum Gasteiger partial charge on any atom is 0.416 e. The van der Waals surface area contributed by atoms with Crippen molar-refractivity contribution < 1.29 is 18.0 Å². The molecule has 0 fully saturated rings. The van der Waals surface area contributed by atoms with Gasteiger partial charge in [0, 0.05) is 13.2 Å². The molecule has 21 heavy (non-hydrogen) atoms. The molecular weight excluding hydrogens is 285 g/mol. The van der Waals surface area contributed by atoms with Gasteiger partial charge >= 0.3 is 6.18 Å². The van der Waals surface area contributed by atoms with E-state index in [4.69, 9.17) is 5.26 Å². The molecule has 1 N–H and O–H groups in total. The van der Waals surface area contributed by atoms with Crippen molar-refractivity contribution in [1.82, 2.24) is 9.78 Å². The SMILES string of the molecule is Cn1cc(C(=O)Nc2ccc(C(F)(F)F)cc2C#N)cn1. The number of carbonyl (C=O) groups is 1. The number of nitriles is 1. The van der Waals surface area contributed by atoms with Crippen LogP contribution in [0.5, 0.6) is 0 Å². The van der Waals surface area contributed by atoms with Crippen LogP contribution >= 0.6 is 0 Å². The monoisotopic (exact) mass is 294 g/mol. The Morgan fingerprint density at radius 3 is 2.67 bits per heavy atom. The van der Waals surface area contributed by atoms with Gasteiger partial charge in [0.1, 0.15) is 6.07 Å². The zero-order chi connectivity index (χ0) is 15.6. The molecule has 1 aromatic carbocycles. The Morgan fingerprint density at radius 1 is 1.43 bits per heavy atom. The molecule has 0 saturated carbocycles. The number of carbonyl (C=O) groups excluding carboxylic acids is 1. The van der Waals surface area contributed by atoms with Gasteiger partial charge in [-0.1, -0.05) is 0 Å². The number of anilines is 1. The van der Waals surface area contributed by atoms with Gasteiger partial charge in [0.25, 0.3) is 5.91 Å². The predicted molar refractivity (Wildman–Crippen MR) is 67.3 cm³/mol. The number of benzene rings is 1. The van der Waals surface area contributed by atoms with E-state index in [1.54, 1.807) is 13.1 Å². The molecule has 8 heteroatoms. The topological polar surface area (TPSA) is 70.7 Å². The first-order valence-electron chi connectivity index (χ1n) is 5.72. The van der Waals surface area contributed by atoms with Crippen LogP contribution in [0, 0.1) is 11.3 Å². The van der Waals surface area contributed by atoms with E-state index < -0.39 is 17.6 Å². The Hall–Kier alpha value is -2.82. The lowest BCUT2D eigenvalue weighted by Crippen LogP contribution is -2.13. The third-order valence-electron chi connectivity index (χ3n) is 2.68. The van der Waals surface area contributed by atoms with E-state index in [0.29, 0.717) is 6.07 Å². The normalized spacial score (nSPS) is 11.0. The van der Waals surface area contributed by atoms with Gasteiger partial charge in [-0.15, -0.1) is 0 Å². The first kappa shape index (κ1) is 14.6. The van der Waals surface area contributed by atoms with Crippen molar-refractivity contribution >= 4 is 11.6 Å². The molecule has 0 atom stereocenters. The number of nitrogens with zero attached hydrogens (tertiary/aromatic N) is 3. The molecule has 1 aromatic heterocycles. The van der Waals surface area contributed by atoms with Crippen molar-refractivity contribution in [3.63, 3.8) is 0 Å². The number of aryl methyl sites for hydroxylation is 1. The summed E-state index contributed by atoms with van der Waals surface area (Å²) in [7, 11) is 1.62. The summed E-state index contributed by atoms with van der Waals surface area (Å²) in [6, 6.07) is 4.18. The van der Waals surface area contributed by atoms with E-state index in [1.807, 2.05) is 0 Å². The Kier molecular flexibility index (Phi) is 3.67. The largest absolute Gasteiger partial charge is 0.416 e. The zero-order valence-corrected chi connectivity index (χ0v) is 10.8. The second-order valence-corrected chi connectivity index (χ2v) is 4.23. The number of nitrogens with one attached hydrogen (secondary N) is 1. The lowest BCUT2D eigenvalue weighted by molar-refractivity contribution is -0.137. The minimum Gasteiger partial charge on any atom is -0.321 e. The fraction of sp³-hybridized carbons (Fsp3) is 0.154. The molecule has 1 heterocycles. The van der Waals surface area contributed by atoms with E-state index >= 15 is 0 Å². The van der Waals surface area contributed by atoms with Crippen LogP contribution < -0.4 is 5.32 Å². The first-order chi connectivity index (χ1) is 9.81. The number of alkyl halides is 3. The van der Waals surface area contributed by atoms with Gasteiger partial charge in [-0.25, -0.2) is 0 Å². The Morgan fingerprint density at radius 2 is 2.14 bits per heavy atom. The van der Waals surface area contributed by atoms with Crippen LogP contribution in [0.3, 0.4) is 0 Å². The van der Waals surface area contributed by atoms with Crippen LogP contribution in [0.25, 0.3) is 0 Å². The molecule has 5 nitrogen and oxygen atoms in total. The van der Waals surface area contributed by atoms with E-state index in [9.17, 15) is 18.0 Å². The highest BCUT2D eigenvalue weighted by atomic mass is 19.4. The smallest absolute Gasteiger partial charge is 0.321 e. The molecule has 0 aliphatic rings. The van der Waals surface area contributed by atoms with Gasteiger partial charge in [-0.2, -0.15) is 23.5 Å². The Bertz CT molecular complexity index is 728. The van der Waals surface area contributed by atoms with Crippen molar-refractivity contribution in [3.05, 3.63) is 47.3 Å². The van der Waals surface area contributed by atoms with Crippen molar-refractivity contribution in [3.8, 4) is 6.07 Å². The molecule has 1 amide bonds. The van der Waals surface area contributed by atoms with Gasteiger partial charge in [0.15, 0.2) is 0 Å². The molecule has 2 aromatic rings. The Balaban J connectivity index is 2.29. The number of hydrogen-bond donors (Lipinski definition) is 1. The number of aromatic nitrogens is 2. The average Bonchev–Trinajstić information content (AvgIpc) is 2.84. The number of hydrogen-bond acceptors (Lipinski definition) is 3. The lowest BCUT2D eigenvalue weighted by Gasteiger charge is -2.10. The van der Waals surface area contributed by atoms with Crippen LogP contribution in [0.15, 0.2) is 30.6 Å². The maximum atomic E-state index is 12.6. The minimum atomic E-state index is -4.54. The minimum absolute atomic E-state index is 0.0133. The van der Waals surface area contributed by atoms with Gasteiger partial charge in [-0.05, 0) is 18.2 Å². The summed E-state index contributed by atoms with van der Waals surface area (Å²) in [6.07, 6.45) is -1.78. The predicted octanol–water partition coefficient (Wildman–Crippen LogP) is 2.56. The fourth-order valence-corrected chi connectivity index (χ4v) is 1.66. The maximum absolute atomic E-state index is 12.6. The second-order valence-electron chi connectivity index (χ2n) is 4.23. The molecule has 2 rings (SSSR count). The molecule has 0 spiro atoms. The van der Waals surface area contributed by atoms with E-state index in [0.717, 1.165) is 12.1 Å². The highest BCUT2D eigenvalue weighted by molar-refractivity contribution is 6.04. The number of halogens is 3. The van der Waals surface area contributed by atoms with Crippen molar-refractivity contribution in [2.24, 2.45) is 7.05 Å². The van der Waals surface area contributed by atoms with Gasteiger partial charge in [0.05, 0.1) is 28.6 Å². The quantitative estimate of drug-likeness (QED) is 0.925. The van der Waals surface area contributed by atoms with Gasteiger partial charge in [0.2, 0.25) is 0 Å². The molecule has 0 aliphatic heterocycles. The summed E-state index contributed by atoms with van der Waals surface area (Å²) < 4.78 is 39.1. The number of rotatable bonds is 2. The molecule has 0 aliphatic carbocycles. The molecule has 0 bridgehead atoms. The standard InChI is InChI=1S/C13H9F3N4O/c1-20-7-9(6-18-20)12(21)19-11-3-2-10(13(14,15)16)4-8(11)5-17/h2-4,6-7H,1H3,(H,19,21). The van der Waals surface area contributed by atoms with Crippen LogP contribution in [-0.4, -0.2) is 15.7 Å². The second kappa shape index (κ2) is 5.28. The van der Waals surface area contributed by atoms with Gasteiger partial charge < -0.3 is 5.32 Å². The van der Waals surface area contributed by atoms with E-state index in [2.05, 4.69) is 10.4 Å². The van der Waals surface area contributed by atoms with Gasteiger partial charge in [-0.3, -0.25) is 9.48 Å². The average molecular weight is 294 g/mol. The summed E-state index contributed by atoms with van der Waals surface area (Å²) in [5.74, 6) is -0.556. The van der Waals surface area contributed by atoms with Crippen LogP contribution in [-0.2, 0) is 13.2 Å². The summed E-state index contributed by atoms with van der Waals surface area (Å²) >= 11 is 0. The molecular formula is C13H9F3N4O. The van der Waals surface area contributed by atoms with Crippen molar-refractivity contribution in [2.75, 3.05) is 5.32 Å². The third-order valence-corrected chi connectivity index (χ3v) is 2.68. The van der Waals surface area contributed by atoms with E-state index in [-0.39, 0.29) is 16.8 Å². The van der Waals surface area contributed by atoms with Crippen LogP contribution in [0.4, 0.5) is 18.9 Å². The summed E-state index contributed by atoms with van der Waals surface area (Å²) in [4.78, 5) is 11.9. The summed E-state index contributed by atoms with van der Waals surface area (Å²) in [6.45, 7) is 0. The van der Waals surface area contributed by atoms with Crippen molar-refractivity contribution in [1.29, 1.82) is 5.26 Å². The van der Waals surface area contributed by atoms with Crippen molar-refractivity contribution in [2.45, 2.75) is 6.18 Å².